The molecule has 104 valence electrons. The van der Waals surface area contributed by atoms with Crippen molar-refractivity contribution in [3.05, 3.63) is 23.8 Å². The zero-order chi connectivity index (χ0) is 13.8. The van der Waals surface area contributed by atoms with E-state index in [1.165, 1.54) is 37.5 Å². The first kappa shape index (κ1) is 13.7. The number of aromatic hydroxyl groups is 2. The second-order valence-corrected chi connectivity index (χ2v) is 5.12. The van der Waals surface area contributed by atoms with Crippen molar-refractivity contribution in [1.29, 1.82) is 0 Å². The van der Waals surface area contributed by atoms with Crippen LogP contribution in [-0.4, -0.2) is 33.6 Å². The summed E-state index contributed by atoms with van der Waals surface area (Å²) in [7, 11) is 0. The Balaban J connectivity index is 2.19. The van der Waals surface area contributed by atoms with Gasteiger partial charge >= 0.3 is 0 Å². The molecule has 19 heavy (non-hydrogen) atoms. The van der Waals surface area contributed by atoms with Gasteiger partial charge in [0.15, 0.2) is 0 Å². The van der Waals surface area contributed by atoms with Crippen molar-refractivity contribution in [2.24, 2.45) is 0 Å². The molecule has 0 spiro atoms. The number of nitrogens with zero attached hydrogens (tertiary/aromatic N) is 1. The van der Waals surface area contributed by atoms with E-state index in [2.05, 4.69) is 0 Å². The highest BCUT2D eigenvalue weighted by Gasteiger charge is 2.25. The molecule has 0 atom stereocenters. The lowest BCUT2D eigenvalue weighted by Gasteiger charge is -2.33. The van der Waals surface area contributed by atoms with Crippen molar-refractivity contribution in [3.8, 4) is 11.5 Å². The summed E-state index contributed by atoms with van der Waals surface area (Å²) in [5, 5.41) is 19.0. The van der Waals surface area contributed by atoms with Gasteiger partial charge in [0.25, 0.3) is 5.91 Å². The molecule has 0 saturated heterocycles. The molecule has 0 unspecified atom stereocenters. The smallest absolute Gasteiger partial charge is 0.254 e. The Bertz CT molecular complexity index is 432. The second kappa shape index (κ2) is 5.95. The Morgan fingerprint density at radius 3 is 2.26 bits per heavy atom. The molecule has 1 amide bonds. The highest BCUT2D eigenvalue weighted by Crippen LogP contribution is 2.26. The van der Waals surface area contributed by atoms with Crippen LogP contribution in [0.4, 0.5) is 0 Å². The van der Waals surface area contributed by atoms with E-state index in [1.807, 2.05) is 11.8 Å². The second-order valence-electron chi connectivity index (χ2n) is 5.12. The molecule has 0 radical (unpaired) electrons. The number of rotatable bonds is 3. The summed E-state index contributed by atoms with van der Waals surface area (Å²) >= 11 is 0. The van der Waals surface area contributed by atoms with E-state index in [0.29, 0.717) is 12.1 Å². The van der Waals surface area contributed by atoms with Crippen LogP contribution in [0.1, 0.15) is 49.4 Å². The molecule has 1 aliphatic rings. The van der Waals surface area contributed by atoms with Crippen LogP contribution in [0.2, 0.25) is 0 Å². The van der Waals surface area contributed by atoms with Crippen molar-refractivity contribution in [2.45, 2.75) is 45.1 Å². The predicted molar refractivity (Wildman–Crippen MR) is 73.4 cm³/mol. The van der Waals surface area contributed by atoms with Gasteiger partial charge in [-0.25, -0.2) is 0 Å². The summed E-state index contributed by atoms with van der Waals surface area (Å²) in [5.41, 5.74) is 0.352. The summed E-state index contributed by atoms with van der Waals surface area (Å²) in [6.07, 6.45) is 5.67. The average Bonchev–Trinajstić information content (AvgIpc) is 2.39. The normalized spacial score (nSPS) is 16.3. The van der Waals surface area contributed by atoms with Gasteiger partial charge in [-0.3, -0.25) is 4.79 Å². The number of hydrogen-bond donors (Lipinski definition) is 2. The molecule has 1 fully saturated rings. The molecule has 2 N–H and O–H groups in total. The number of phenols is 2. The largest absolute Gasteiger partial charge is 0.508 e. The van der Waals surface area contributed by atoms with E-state index in [-0.39, 0.29) is 23.4 Å². The lowest BCUT2D eigenvalue weighted by atomic mass is 9.93. The lowest BCUT2D eigenvalue weighted by molar-refractivity contribution is 0.0647. The first-order chi connectivity index (χ1) is 9.11. The number of phenolic OH excluding ortho intramolecular Hbond substituents is 2. The van der Waals surface area contributed by atoms with E-state index < -0.39 is 0 Å². The third kappa shape index (κ3) is 3.19. The van der Waals surface area contributed by atoms with Crippen LogP contribution in [0.3, 0.4) is 0 Å². The van der Waals surface area contributed by atoms with Crippen molar-refractivity contribution in [2.75, 3.05) is 6.54 Å². The maximum absolute atomic E-state index is 12.5. The maximum atomic E-state index is 12.5. The minimum atomic E-state index is -0.111. The SMILES string of the molecule is CCN(C(=O)c1cc(O)cc(O)c1)C1CCCCC1. The molecule has 4 heteroatoms. The Morgan fingerprint density at radius 1 is 1.16 bits per heavy atom. The molecule has 1 aromatic carbocycles. The van der Waals surface area contributed by atoms with Gasteiger partial charge in [-0.15, -0.1) is 0 Å². The third-order valence-electron chi connectivity index (χ3n) is 3.77. The van der Waals surface area contributed by atoms with E-state index in [4.69, 9.17) is 0 Å². The molecule has 0 heterocycles. The Kier molecular flexibility index (Phi) is 4.30. The molecule has 0 bridgehead atoms. The van der Waals surface area contributed by atoms with Crippen LogP contribution in [0.15, 0.2) is 18.2 Å². The summed E-state index contributed by atoms with van der Waals surface area (Å²) in [5.74, 6) is -0.272. The van der Waals surface area contributed by atoms with Crippen molar-refractivity contribution >= 4 is 5.91 Å². The molecule has 2 rings (SSSR count). The van der Waals surface area contributed by atoms with Gasteiger partial charge in [-0.05, 0) is 31.9 Å². The zero-order valence-corrected chi connectivity index (χ0v) is 11.3. The maximum Gasteiger partial charge on any atom is 0.254 e. The number of amides is 1. The van der Waals surface area contributed by atoms with E-state index in [0.717, 1.165) is 12.8 Å². The molecule has 0 aliphatic heterocycles. The molecule has 1 saturated carbocycles. The first-order valence-electron chi connectivity index (χ1n) is 6.96. The summed E-state index contributed by atoms with van der Waals surface area (Å²) in [6, 6.07) is 4.34. The van der Waals surface area contributed by atoms with Crippen molar-refractivity contribution < 1.29 is 15.0 Å². The average molecular weight is 263 g/mol. The van der Waals surface area contributed by atoms with E-state index >= 15 is 0 Å². The monoisotopic (exact) mass is 263 g/mol. The first-order valence-corrected chi connectivity index (χ1v) is 6.96. The van der Waals surface area contributed by atoms with Gasteiger partial charge in [-0.1, -0.05) is 19.3 Å². The van der Waals surface area contributed by atoms with Gasteiger partial charge < -0.3 is 15.1 Å². The summed E-state index contributed by atoms with van der Waals surface area (Å²) in [4.78, 5) is 14.3. The van der Waals surface area contributed by atoms with Crippen LogP contribution in [0.5, 0.6) is 11.5 Å². The van der Waals surface area contributed by atoms with Crippen LogP contribution in [-0.2, 0) is 0 Å². The topological polar surface area (TPSA) is 60.8 Å². The number of hydrogen-bond acceptors (Lipinski definition) is 3. The molecular weight excluding hydrogens is 242 g/mol. The fourth-order valence-corrected chi connectivity index (χ4v) is 2.84. The Hall–Kier alpha value is -1.71. The molecule has 1 aromatic rings. The van der Waals surface area contributed by atoms with Gasteiger partial charge in [0, 0.05) is 24.2 Å². The van der Waals surface area contributed by atoms with Crippen molar-refractivity contribution in [1.82, 2.24) is 4.90 Å². The standard InChI is InChI=1S/C15H21NO3/c1-2-16(12-6-4-3-5-7-12)15(19)11-8-13(17)10-14(18)9-11/h8-10,12,17-18H,2-7H2,1H3. The summed E-state index contributed by atoms with van der Waals surface area (Å²) in [6.45, 7) is 2.62. The summed E-state index contributed by atoms with van der Waals surface area (Å²) < 4.78 is 0. The van der Waals surface area contributed by atoms with Gasteiger partial charge in [0.1, 0.15) is 11.5 Å². The number of benzene rings is 1. The van der Waals surface area contributed by atoms with Crippen molar-refractivity contribution in [3.63, 3.8) is 0 Å². The molecule has 1 aliphatic carbocycles. The quantitative estimate of drug-likeness (QED) is 0.881. The zero-order valence-electron chi connectivity index (χ0n) is 11.3. The highest BCUT2D eigenvalue weighted by atomic mass is 16.3. The fraction of sp³-hybridized carbons (Fsp3) is 0.533. The van der Waals surface area contributed by atoms with Gasteiger partial charge in [0.05, 0.1) is 0 Å². The molecular formula is C15H21NO3. The van der Waals surface area contributed by atoms with Gasteiger partial charge in [0.2, 0.25) is 0 Å². The molecule has 0 aromatic heterocycles. The van der Waals surface area contributed by atoms with E-state index in [9.17, 15) is 15.0 Å². The highest BCUT2D eigenvalue weighted by molar-refractivity contribution is 5.95. The van der Waals surface area contributed by atoms with Gasteiger partial charge in [-0.2, -0.15) is 0 Å². The minimum Gasteiger partial charge on any atom is -0.508 e. The number of carbonyl (C=O) groups excluding carboxylic acids is 1. The predicted octanol–water partition coefficient (Wildman–Crippen LogP) is 2.89. The molecule has 4 nitrogen and oxygen atoms in total. The Labute approximate surface area is 113 Å². The third-order valence-corrected chi connectivity index (χ3v) is 3.77. The fourth-order valence-electron chi connectivity index (χ4n) is 2.84. The van der Waals surface area contributed by atoms with E-state index in [1.54, 1.807) is 0 Å². The Morgan fingerprint density at radius 2 is 1.74 bits per heavy atom. The van der Waals surface area contributed by atoms with Crippen LogP contribution in [0.25, 0.3) is 0 Å². The van der Waals surface area contributed by atoms with Crippen LogP contribution < -0.4 is 0 Å². The lowest BCUT2D eigenvalue weighted by Crippen LogP contribution is -2.41. The number of carbonyl (C=O) groups is 1. The minimum absolute atomic E-state index is 0.0805. The van der Waals surface area contributed by atoms with Crippen LogP contribution in [0, 0.1) is 0 Å². The van der Waals surface area contributed by atoms with Crippen LogP contribution >= 0.6 is 0 Å².